The van der Waals surface area contributed by atoms with E-state index >= 15 is 0 Å². The summed E-state index contributed by atoms with van der Waals surface area (Å²) in [4.78, 5) is 12.0. The van der Waals surface area contributed by atoms with Gasteiger partial charge in [-0.05, 0) is 23.8 Å². The highest BCUT2D eigenvalue weighted by molar-refractivity contribution is 5.92. The van der Waals surface area contributed by atoms with Gasteiger partial charge in [0.25, 0.3) is 0 Å². The van der Waals surface area contributed by atoms with Crippen LogP contribution in [0.5, 0.6) is 5.75 Å². The second-order valence-corrected chi connectivity index (χ2v) is 4.09. The van der Waals surface area contributed by atoms with Gasteiger partial charge in [-0.2, -0.15) is 5.26 Å². The number of ether oxygens (including phenoxy) is 2. The second kappa shape index (κ2) is 6.39. The van der Waals surface area contributed by atoms with Crippen molar-refractivity contribution in [1.29, 1.82) is 5.26 Å². The third kappa shape index (κ3) is 3.15. The van der Waals surface area contributed by atoms with E-state index in [0.717, 1.165) is 5.56 Å². The maximum Gasteiger partial charge on any atom is 0.339 e. The summed E-state index contributed by atoms with van der Waals surface area (Å²) in [6, 6.07) is 16.0. The number of rotatable bonds is 4. The molecule has 0 amide bonds. The quantitative estimate of drug-likeness (QED) is 0.799. The molecule has 100 valence electrons. The third-order valence-corrected chi connectivity index (χ3v) is 2.78. The van der Waals surface area contributed by atoms with Crippen molar-refractivity contribution in [2.45, 2.75) is 6.61 Å². The number of hydrogen-bond donors (Lipinski definition) is 0. The predicted octanol–water partition coefficient (Wildman–Crippen LogP) is 2.92. The Balaban J connectivity index is 2.14. The predicted molar refractivity (Wildman–Crippen MR) is 73.3 cm³/mol. The summed E-state index contributed by atoms with van der Waals surface area (Å²) in [5.74, 6) is -0.0278. The molecule has 2 aromatic rings. The zero-order chi connectivity index (χ0) is 14.4. The molecule has 0 aromatic heterocycles. The average Bonchev–Trinajstić information content (AvgIpc) is 2.52. The van der Waals surface area contributed by atoms with Crippen molar-refractivity contribution in [3.63, 3.8) is 0 Å². The maximum absolute atomic E-state index is 12.0. The van der Waals surface area contributed by atoms with E-state index in [1.54, 1.807) is 6.07 Å². The first kappa shape index (κ1) is 13.6. The van der Waals surface area contributed by atoms with E-state index < -0.39 is 5.97 Å². The second-order valence-electron chi connectivity index (χ2n) is 4.09. The topological polar surface area (TPSA) is 59.3 Å². The molecule has 4 heteroatoms. The molecule has 0 heterocycles. The van der Waals surface area contributed by atoms with Crippen LogP contribution in [0, 0.1) is 11.3 Å². The van der Waals surface area contributed by atoms with E-state index in [9.17, 15) is 4.79 Å². The summed E-state index contributed by atoms with van der Waals surface area (Å²) in [5, 5.41) is 9.02. The molecular weight excluding hydrogens is 254 g/mol. The first-order valence-corrected chi connectivity index (χ1v) is 6.04. The molecule has 2 aromatic carbocycles. The van der Waals surface area contributed by atoms with Crippen LogP contribution in [0.15, 0.2) is 48.5 Å². The Morgan fingerprint density at radius 3 is 2.60 bits per heavy atom. The van der Waals surface area contributed by atoms with Crippen molar-refractivity contribution in [3.05, 3.63) is 65.2 Å². The molecule has 0 saturated heterocycles. The van der Waals surface area contributed by atoms with Crippen LogP contribution in [0.3, 0.4) is 0 Å². The Bertz CT molecular complexity index is 645. The van der Waals surface area contributed by atoms with Crippen molar-refractivity contribution < 1.29 is 14.3 Å². The highest BCUT2D eigenvalue weighted by Gasteiger charge is 2.14. The van der Waals surface area contributed by atoms with Gasteiger partial charge in [0.1, 0.15) is 18.4 Å². The fourth-order valence-electron chi connectivity index (χ4n) is 1.72. The van der Waals surface area contributed by atoms with Crippen LogP contribution in [0.1, 0.15) is 21.5 Å². The number of nitriles is 1. The summed E-state index contributed by atoms with van der Waals surface area (Å²) in [7, 11) is 1.50. The van der Waals surface area contributed by atoms with Gasteiger partial charge in [0.2, 0.25) is 0 Å². The fourth-order valence-corrected chi connectivity index (χ4v) is 1.72. The van der Waals surface area contributed by atoms with E-state index in [0.29, 0.717) is 5.75 Å². The Morgan fingerprint density at radius 2 is 1.95 bits per heavy atom. The number of carbonyl (C=O) groups is 1. The Morgan fingerprint density at radius 1 is 1.20 bits per heavy atom. The zero-order valence-electron chi connectivity index (χ0n) is 11.0. The number of methoxy groups -OCH3 is 1. The smallest absolute Gasteiger partial charge is 0.339 e. The van der Waals surface area contributed by atoms with Gasteiger partial charge in [0.15, 0.2) is 0 Å². The van der Waals surface area contributed by atoms with Crippen molar-refractivity contribution >= 4 is 5.97 Å². The van der Waals surface area contributed by atoms with Crippen LogP contribution >= 0.6 is 0 Å². The lowest BCUT2D eigenvalue weighted by molar-refractivity contribution is 0.0472. The Labute approximate surface area is 117 Å². The summed E-state index contributed by atoms with van der Waals surface area (Å²) < 4.78 is 10.3. The van der Waals surface area contributed by atoms with Crippen LogP contribution in [-0.2, 0) is 11.3 Å². The van der Waals surface area contributed by atoms with Crippen LogP contribution in [0.2, 0.25) is 0 Å². The van der Waals surface area contributed by atoms with E-state index in [-0.39, 0.29) is 17.7 Å². The van der Waals surface area contributed by atoms with Gasteiger partial charge in [-0.1, -0.05) is 30.3 Å². The van der Waals surface area contributed by atoms with Crippen molar-refractivity contribution in [3.8, 4) is 11.8 Å². The molecule has 2 rings (SSSR count). The number of nitrogens with zero attached hydrogens (tertiary/aromatic N) is 1. The summed E-state index contributed by atoms with van der Waals surface area (Å²) in [5.41, 5.74) is 1.37. The minimum atomic E-state index is -0.538. The van der Waals surface area contributed by atoms with Crippen molar-refractivity contribution in [2.24, 2.45) is 0 Å². The van der Waals surface area contributed by atoms with Gasteiger partial charge in [0.05, 0.1) is 18.2 Å². The van der Waals surface area contributed by atoms with Crippen molar-refractivity contribution in [1.82, 2.24) is 0 Å². The average molecular weight is 267 g/mol. The minimum Gasteiger partial charge on any atom is -0.497 e. The molecule has 0 spiro atoms. The fraction of sp³-hybridized carbons (Fsp3) is 0.125. The van der Waals surface area contributed by atoms with Gasteiger partial charge < -0.3 is 9.47 Å². The van der Waals surface area contributed by atoms with E-state index in [1.165, 1.54) is 19.2 Å². The van der Waals surface area contributed by atoms with E-state index in [2.05, 4.69) is 0 Å². The lowest BCUT2D eigenvalue weighted by Gasteiger charge is -2.08. The Kier molecular flexibility index (Phi) is 4.35. The van der Waals surface area contributed by atoms with Gasteiger partial charge in [-0.15, -0.1) is 0 Å². The van der Waals surface area contributed by atoms with Crippen LogP contribution < -0.4 is 4.74 Å². The lowest BCUT2D eigenvalue weighted by atomic mass is 10.1. The molecule has 0 aliphatic heterocycles. The molecule has 0 N–H and O–H groups in total. The maximum atomic E-state index is 12.0. The molecule has 0 bridgehead atoms. The molecule has 0 atom stereocenters. The minimum absolute atomic E-state index is 0.168. The third-order valence-electron chi connectivity index (χ3n) is 2.78. The van der Waals surface area contributed by atoms with Crippen LogP contribution in [0.4, 0.5) is 0 Å². The van der Waals surface area contributed by atoms with E-state index in [1.807, 2.05) is 36.4 Å². The van der Waals surface area contributed by atoms with Gasteiger partial charge >= 0.3 is 5.97 Å². The van der Waals surface area contributed by atoms with Gasteiger partial charge in [0, 0.05) is 0 Å². The first-order valence-electron chi connectivity index (χ1n) is 6.04. The van der Waals surface area contributed by atoms with Crippen LogP contribution in [0.25, 0.3) is 0 Å². The molecule has 0 aliphatic rings. The van der Waals surface area contributed by atoms with Crippen molar-refractivity contribution in [2.75, 3.05) is 7.11 Å². The molecule has 0 fully saturated rings. The van der Waals surface area contributed by atoms with Gasteiger partial charge in [-0.3, -0.25) is 0 Å². The summed E-state index contributed by atoms with van der Waals surface area (Å²) in [6.07, 6.45) is 0. The highest BCUT2D eigenvalue weighted by Crippen LogP contribution is 2.18. The largest absolute Gasteiger partial charge is 0.497 e. The molecule has 4 nitrogen and oxygen atoms in total. The standard InChI is InChI=1S/C16H13NO3/c1-19-14-8-7-13(10-17)15(9-14)16(18)20-11-12-5-3-2-4-6-12/h2-9H,11H2,1H3. The highest BCUT2D eigenvalue weighted by atomic mass is 16.5. The number of carbonyl (C=O) groups excluding carboxylic acids is 1. The molecule has 0 saturated carbocycles. The summed E-state index contributed by atoms with van der Waals surface area (Å²) >= 11 is 0. The van der Waals surface area contributed by atoms with Crippen LogP contribution in [-0.4, -0.2) is 13.1 Å². The number of benzene rings is 2. The monoisotopic (exact) mass is 267 g/mol. The molecular formula is C16H13NO3. The number of esters is 1. The zero-order valence-corrected chi connectivity index (χ0v) is 11.0. The van der Waals surface area contributed by atoms with Gasteiger partial charge in [-0.25, -0.2) is 4.79 Å². The lowest BCUT2D eigenvalue weighted by Crippen LogP contribution is -2.07. The SMILES string of the molecule is COc1ccc(C#N)c(C(=O)OCc2ccccc2)c1. The molecule has 0 aliphatic carbocycles. The first-order chi connectivity index (χ1) is 9.74. The molecule has 20 heavy (non-hydrogen) atoms. The van der Waals surface area contributed by atoms with E-state index in [4.69, 9.17) is 14.7 Å². The molecule has 0 radical (unpaired) electrons. The molecule has 0 unspecified atom stereocenters. The summed E-state index contributed by atoms with van der Waals surface area (Å²) in [6.45, 7) is 0.168. The number of hydrogen-bond acceptors (Lipinski definition) is 4. The normalized spacial score (nSPS) is 9.60. The Hall–Kier alpha value is -2.80.